The Hall–Kier alpha value is -1.67. The number of rotatable bonds is 3. The third kappa shape index (κ3) is 2.75. The van der Waals surface area contributed by atoms with E-state index in [2.05, 4.69) is 47.4 Å². The molecule has 104 valence electrons. The molecular formula is C18H21NO. The summed E-state index contributed by atoms with van der Waals surface area (Å²) in [6, 6.07) is 15.0. The van der Waals surface area contributed by atoms with Gasteiger partial charge in [-0.05, 0) is 42.6 Å². The first-order chi connectivity index (χ1) is 9.74. The largest absolute Gasteiger partial charge is 0.300 e. The monoisotopic (exact) mass is 267 g/mol. The molecule has 1 fully saturated rings. The van der Waals surface area contributed by atoms with E-state index in [1.54, 1.807) is 6.92 Å². The quantitative estimate of drug-likeness (QED) is 0.846. The molecule has 0 spiro atoms. The zero-order chi connectivity index (χ0) is 13.9. The van der Waals surface area contributed by atoms with Crippen molar-refractivity contribution in [3.05, 3.63) is 48.0 Å². The van der Waals surface area contributed by atoms with E-state index in [0.717, 1.165) is 32.5 Å². The van der Waals surface area contributed by atoms with E-state index >= 15 is 0 Å². The Morgan fingerprint density at radius 1 is 1.20 bits per heavy atom. The highest BCUT2D eigenvalue weighted by molar-refractivity contribution is 5.85. The normalized spacial score (nSPS) is 20.1. The standard InChI is InChI=1S/C18H21NO/c1-14(20)16-9-5-11-19(12-16)13-17-8-4-7-15-6-2-3-10-18(15)17/h2-4,6-8,10,16H,5,9,11-13H2,1H3. The Morgan fingerprint density at radius 3 is 2.85 bits per heavy atom. The minimum Gasteiger partial charge on any atom is -0.300 e. The highest BCUT2D eigenvalue weighted by Crippen LogP contribution is 2.23. The smallest absolute Gasteiger partial charge is 0.134 e. The van der Waals surface area contributed by atoms with Crippen LogP contribution in [0.3, 0.4) is 0 Å². The number of ketones is 1. The third-order valence-corrected chi connectivity index (χ3v) is 4.35. The molecule has 1 heterocycles. The molecule has 3 rings (SSSR count). The number of nitrogens with zero attached hydrogens (tertiary/aromatic N) is 1. The van der Waals surface area contributed by atoms with E-state index in [9.17, 15) is 4.79 Å². The summed E-state index contributed by atoms with van der Waals surface area (Å²) in [6.45, 7) is 4.70. The van der Waals surface area contributed by atoms with Gasteiger partial charge in [-0.3, -0.25) is 9.69 Å². The van der Waals surface area contributed by atoms with Crippen LogP contribution < -0.4 is 0 Å². The van der Waals surface area contributed by atoms with Gasteiger partial charge in [0.1, 0.15) is 5.78 Å². The predicted molar refractivity (Wildman–Crippen MR) is 82.6 cm³/mol. The first kappa shape index (κ1) is 13.3. The van der Waals surface area contributed by atoms with Crippen molar-refractivity contribution in [2.24, 2.45) is 5.92 Å². The summed E-state index contributed by atoms with van der Waals surface area (Å²) in [5.41, 5.74) is 1.37. The average molecular weight is 267 g/mol. The molecule has 2 nitrogen and oxygen atoms in total. The van der Waals surface area contributed by atoms with Gasteiger partial charge in [0.25, 0.3) is 0 Å². The molecule has 2 aromatic carbocycles. The van der Waals surface area contributed by atoms with Crippen LogP contribution in [0.1, 0.15) is 25.3 Å². The van der Waals surface area contributed by atoms with Crippen LogP contribution in [0.2, 0.25) is 0 Å². The molecule has 1 aliphatic heterocycles. The van der Waals surface area contributed by atoms with E-state index in [0.29, 0.717) is 5.78 Å². The van der Waals surface area contributed by atoms with Crippen LogP contribution in [0.15, 0.2) is 42.5 Å². The number of piperidine rings is 1. The van der Waals surface area contributed by atoms with Gasteiger partial charge in [0.15, 0.2) is 0 Å². The molecule has 1 atom stereocenters. The van der Waals surface area contributed by atoms with E-state index in [-0.39, 0.29) is 5.92 Å². The molecule has 1 aliphatic rings. The molecule has 0 bridgehead atoms. The van der Waals surface area contributed by atoms with Crippen LogP contribution in [-0.2, 0) is 11.3 Å². The van der Waals surface area contributed by atoms with Gasteiger partial charge >= 0.3 is 0 Å². The summed E-state index contributed by atoms with van der Waals surface area (Å²) in [4.78, 5) is 14.0. The lowest BCUT2D eigenvalue weighted by atomic mass is 9.94. The van der Waals surface area contributed by atoms with Gasteiger partial charge in [0, 0.05) is 19.0 Å². The second kappa shape index (κ2) is 5.76. The molecule has 0 aromatic heterocycles. The topological polar surface area (TPSA) is 20.3 Å². The molecule has 2 heteroatoms. The first-order valence-corrected chi connectivity index (χ1v) is 7.43. The van der Waals surface area contributed by atoms with Crippen molar-refractivity contribution < 1.29 is 4.79 Å². The zero-order valence-electron chi connectivity index (χ0n) is 12.0. The SMILES string of the molecule is CC(=O)C1CCCN(Cc2cccc3ccccc23)C1. The number of carbonyl (C=O) groups excluding carboxylic acids is 1. The van der Waals surface area contributed by atoms with Gasteiger partial charge in [-0.15, -0.1) is 0 Å². The van der Waals surface area contributed by atoms with Crippen LogP contribution in [0.5, 0.6) is 0 Å². The fourth-order valence-electron chi connectivity index (χ4n) is 3.20. The van der Waals surface area contributed by atoms with Crippen molar-refractivity contribution in [1.29, 1.82) is 0 Å². The molecule has 20 heavy (non-hydrogen) atoms. The van der Waals surface area contributed by atoms with E-state index in [1.165, 1.54) is 16.3 Å². The van der Waals surface area contributed by atoms with Crippen LogP contribution in [0.4, 0.5) is 0 Å². The lowest BCUT2D eigenvalue weighted by Gasteiger charge is -2.31. The van der Waals surface area contributed by atoms with Crippen molar-refractivity contribution in [2.45, 2.75) is 26.3 Å². The second-order valence-corrected chi connectivity index (χ2v) is 5.82. The maximum Gasteiger partial charge on any atom is 0.134 e. The number of hydrogen-bond donors (Lipinski definition) is 0. The van der Waals surface area contributed by atoms with Crippen LogP contribution in [0, 0.1) is 5.92 Å². The molecule has 1 unspecified atom stereocenters. The fraction of sp³-hybridized carbons (Fsp3) is 0.389. The molecule has 0 aliphatic carbocycles. The second-order valence-electron chi connectivity index (χ2n) is 5.82. The van der Waals surface area contributed by atoms with Crippen LogP contribution >= 0.6 is 0 Å². The van der Waals surface area contributed by atoms with E-state index in [1.807, 2.05) is 0 Å². The van der Waals surface area contributed by atoms with Crippen molar-refractivity contribution in [3.63, 3.8) is 0 Å². The highest BCUT2D eigenvalue weighted by atomic mass is 16.1. The predicted octanol–water partition coefficient (Wildman–Crippen LogP) is 3.64. The zero-order valence-corrected chi connectivity index (χ0v) is 12.0. The lowest BCUT2D eigenvalue weighted by molar-refractivity contribution is -0.122. The summed E-state index contributed by atoms with van der Waals surface area (Å²) in [5.74, 6) is 0.575. The minimum absolute atomic E-state index is 0.235. The molecule has 1 saturated heterocycles. The van der Waals surface area contributed by atoms with Gasteiger partial charge in [0.05, 0.1) is 0 Å². The minimum atomic E-state index is 0.235. The average Bonchev–Trinajstić information content (AvgIpc) is 2.48. The number of Topliss-reactive ketones (excluding diaryl/α,β-unsaturated/α-hetero) is 1. The Labute approximate surface area is 120 Å². The van der Waals surface area contributed by atoms with Gasteiger partial charge in [-0.1, -0.05) is 42.5 Å². The summed E-state index contributed by atoms with van der Waals surface area (Å²) < 4.78 is 0. The van der Waals surface area contributed by atoms with Gasteiger partial charge in [-0.25, -0.2) is 0 Å². The van der Waals surface area contributed by atoms with E-state index < -0.39 is 0 Å². The summed E-state index contributed by atoms with van der Waals surface area (Å²) >= 11 is 0. The maximum absolute atomic E-state index is 11.6. The van der Waals surface area contributed by atoms with Gasteiger partial charge < -0.3 is 0 Å². The van der Waals surface area contributed by atoms with Crippen molar-refractivity contribution in [1.82, 2.24) is 4.90 Å². The summed E-state index contributed by atoms with van der Waals surface area (Å²) in [6.07, 6.45) is 2.19. The third-order valence-electron chi connectivity index (χ3n) is 4.35. The Kier molecular flexibility index (Phi) is 3.83. The van der Waals surface area contributed by atoms with Crippen molar-refractivity contribution >= 4 is 16.6 Å². The number of carbonyl (C=O) groups is 1. The Balaban J connectivity index is 1.81. The number of likely N-dealkylation sites (tertiary alicyclic amines) is 1. The molecule has 0 amide bonds. The van der Waals surface area contributed by atoms with Crippen LogP contribution in [-0.4, -0.2) is 23.8 Å². The molecule has 0 saturated carbocycles. The number of benzene rings is 2. The number of fused-ring (bicyclic) bond motifs is 1. The summed E-state index contributed by atoms with van der Waals surface area (Å²) in [5, 5.41) is 2.63. The summed E-state index contributed by atoms with van der Waals surface area (Å²) in [7, 11) is 0. The fourth-order valence-corrected chi connectivity index (χ4v) is 3.20. The maximum atomic E-state index is 11.6. The first-order valence-electron chi connectivity index (χ1n) is 7.43. The highest BCUT2D eigenvalue weighted by Gasteiger charge is 2.23. The van der Waals surface area contributed by atoms with Gasteiger partial charge in [0.2, 0.25) is 0 Å². The van der Waals surface area contributed by atoms with Crippen LogP contribution in [0.25, 0.3) is 10.8 Å². The Morgan fingerprint density at radius 2 is 2.00 bits per heavy atom. The molecular weight excluding hydrogens is 246 g/mol. The number of hydrogen-bond acceptors (Lipinski definition) is 2. The Bertz CT molecular complexity index is 614. The molecule has 0 N–H and O–H groups in total. The van der Waals surface area contributed by atoms with Gasteiger partial charge in [-0.2, -0.15) is 0 Å². The van der Waals surface area contributed by atoms with Crippen molar-refractivity contribution in [2.75, 3.05) is 13.1 Å². The molecule has 0 radical (unpaired) electrons. The molecule has 2 aromatic rings. The lowest BCUT2D eigenvalue weighted by Crippen LogP contribution is -2.37. The van der Waals surface area contributed by atoms with E-state index in [4.69, 9.17) is 0 Å². The van der Waals surface area contributed by atoms with Crippen molar-refractivity contribution in [3.8, 4) is 0 Å².